The number of allylic oxidation sites excluding steroid dienone is 2. The van der Waals surface area contributed by atoms with Crippen molar-refractivity contribution in [3.63, 3.8) is 0 Å². The number of nitrogens with zero attached hydrogens (tertiary/aromatic N) is 1. The van der Waals surface area contributed by atoms with Gasteiger partial charge in [-0.3, -0.25) is 14.6 Å². The molecular weight excluding hydrogens is 406 g/mol. The number of rotatable bonds is 5. The highest BCUT2D eigenvalue weighted by Gasteiger charge is 2.44. The topological polar surface area (TPSA) is 74.2 Å². The Kier molecular flexibility index (Phi) is 6.12. The maximum atomic E-state index is 13.5. The van der Waals surface area contributed by atoms with Gasteiger partial charge in [-0.2, -0.15) is 0 Å². The molecule has 6 nitrogen and oxygen atoms in total. The number of benzene rings is 2. The molecule has 0 saturated heterocycles. The van der Waals surface area contributed by atoms with E-state index in [0.717, 1.165) is 22.6 Å². The molecule has 32 heavy (non-hydrogen) atoms. The summed E-state index contributed by atoms with van der Waals surface area (Å²) in [5.74, 6) is 0.0147. The zero-order valence-corrected chi connectivity index (χ0v) is 18.8. The third-order valence-electron chi connectivity index (χ3n) is 6.38. The molecule has 3 atom stereocenters. The van der Waals surface area contributed by atoms with E-state index in [2.05, 4.69) is 0 Å². The zero-order valence-electron chi connectivity index (χ0n) is 18.8. The monoisotopic (exact) mass is 433 g/mol. The van der Waals surface area contributed by atoms with Gasteiger partial charge in [0.2, 0.25) is 0 Å². The van der Waals surface area contributed by atoms with E-state index in [1.54, 1.807) is 14.2 Å². The second kappa shape index (κ2) is 8.99. The fourth-order valence-electron chi connectivity index (χ4n) is 4.80. The van der Waals surface area contributed by atoms with Crippen LogP contribution in [0.15, 0.2) is 64.8 Å². The molecule has 2 aromatic carbocycles. The summed E-state index contributed by atoms with van der Waals surface area (Å²) >= 11 is 0. The molecule has 0 N–H and O–H groups in total. The van der Waals surface area contributed by atoms with Crippen LogP contribution in [-0.2, 0) is 14.3 Å². The molecule has 6 heteroatoms. The van der Waals surface area contributed by atoms with Crippen molar-refractivity contribution in [3.05, 3.63) is 70.9 Å². The molecule has 0 bridgehead atoms. The van der Waals surface area contributed by atoms with Crippen LogP contribution in [0.1, 0.15) is 42.7 Å². The largest absolute Gasteiger partial charge is 0.497 e. The highest BCUT2D eigenvalue weighted by molar-refractivity contribution is 6.09. The number of ketones is 1. The van der Waals surface area contributed by atoms with Crippen LogP contribution in [0.25, 0.3) is 0 Å². The second-order valence-electron chi connectivity index (χ2n) is 8.17. The lowest BCUT2D eigenvalue weighted by Gasteiger charge is -2.36. The van der Waals surface area contributed by atoms with Crippen molar-refractivity contribution in [1.82, 2.24) is 0 Å². The minimum atomic E-state index is -0.646. The first-order chi connectivity index (χ1) is 15.5. The minimum absolute atomic E-state index is 0.0186. The van der Waals surface area contributed by atoms with Gasteiger partial charge in [0.15, 0.2) is 5.78 Å². The average molecular weight is 434 g/mol. The number of ether oxygens (including phenoxy) is 3. The average Bonchev–Trinajstić information content (AvgIpc) is 2.82. The van der Waals surface area contributed by atoms with E-state index >= 15 is 0 Å². The number of Topliss-reactive ketones (excluding diaryl/α,β-unsaturated/α-hetero) is 1. The van der Waals surface area contributed by atoms with Gasteiger partial charge in [-0.05, 0) is 54.7 Å². The van der Waals surface area contributed by atoms with Gasteiger partial charge in [0.25, 0.3) is 0 Å². The smallest absolute Gasteiger partial charge is 0.315 e. The Labute approximate surface area is 187 Å². The maximum absolute atomic E-state index is 13.5. The maximum Gasteiger partial charge on any atom is 0.315 e. The van der Waals surface area contributed by atoms with E-state index < -0.39 is 17.8 Å². The van der Waals surface area contributed by atoms with E-state index in [4.69, 9.17) is 19.2 Å². The first-order valence-electron chi connectivity index (χ1n) is 10.6. The predicted octanol–water partition coefficient (Wildman–Crippen LogP) is 4.45. The molecule has 0 fully saturated rings. The van der Waals surface area contributed by atoms with Crippen LogP contribution in [-0.4, -0.2) is 38.8 Å². The quantitative estimate of drug-likeness (QED) is 0.651. The van der Waals surface area contributed by atoms with E-state index in [1.165, 1.54) is 7.11 Å². The molecule has 1 aliphatic carbocycles. The summed E-state index contributed by atoms with van der Waals surface area (Å²) < 4.78 is 15.7. The van der Waals surface area contributed by atoms with E-state index in [-0.39, 0.29) is 11.7 Å². The Bertz CT molecular complexity index is 1100. The Morgan fingerprint density at radius 1 is 0.938 bits per heavy atom. The molecule has 0 saturated carbocycles. The van der Waals surface area contributed by atoms with Gasteiger partial charge in [0, 0.05) is 29.3 Å². The highest BCUT2D eigenvalue weighted by Crippen LogP contribution is 2.47. The summed E-state index contributed by atoms with van der Waals surface area (Å²) in [5.41, 5.74) is 3.95. The SMILES string of the molecule is COC(=O)C1C(C)=NC2=C(C(=O)C[C@H](c3ccc(OC)cc3)C2)[C@@H]1c1cccc(OC)c1. The molecule has 166 valence electrons. The van der Waals surface area contributed by atoms with Crippen molar-refractivity contribution in [2.45, 2.75) is 31.6 Å². The van der Waals surface area contributed by atoms with Crippen LogP contribution >= 0.6 is 0 Å². The number of aliphatic imine (C=N–C) groups is 1. The molecule has 0 radical (unpaired) electrons. The van der Waals surface area contributed by atoms with Crippen LogP contribution in [0.2, 0.25) is 0 Å². The molecule has 2 aliphatic rings. The van der Waals surface area contributed by atoms with Crippen molar-refractivity contribution in [1.29, 1.82) is 0 Å². The number of hydrogen-bond acceptors (Lipinski definition) is 6. The third-order valence-corrected chi connectivity index (χ3v) is 6.38. The summed E-state index contributed by atoms with van der Waals surface area (Å²) in [7, 11) is 4.59. The van der Waals surface area contributed by atoms with Crippen molar-refractivity contribution in [3.8, 4) is 11.5 Å². The van der Waals surface area contributed by atoms with Crippen LogP contribution < -0.4 is 9.47 Å². The van der Waals surface area contributed by atoms with Crippen molar-refractivity contribution < 1.29 is 23.8 Å². The molecule has 1 heterocycles. The zero-order chi connectivity index (χ0) is 22.8. The number of esters is 1. The van der Waals surface area contributed by atoms with E-state index in [1.807, 2.05) is 55.5 Å². The Morgan fingerprint density at radius 2 is 1.66 bits per heavy atom. The van der Waals surface area contributed by atoms with Crippen molar-refractivity contribution in [2.75, 3.05) is 21.3 Å². The van der Waals surface area contributed by atoms with Crippen molar-refractivity contribution >= 4 is 17.5 Å². The fraction of sp³-hybridized carbons (Fsp3) is 0.346. The molecule has 4 rings (SSSR count). The lowest BCUT2D eigenvalue weighted by atomic mass is 9.69. The van der Waals surface area contributed by atoms with E-state index in [9.17, 15) is 9.59 Å². The Hall–Kier alpha value is -3.41. The lowest BCUT2D eigenvalue weighted by molar-refractivity contribution is -0.143. The standard InChI is InChI=1S/C26H27NO5/c1-15-23(26(29)32-4)24(17-6-5-7-20(12-17)31-3)25-21(27-15)13-18(14-22(25)28)16-8-10-19(30-2)11-9-16/h5-12,18,23-24H,13-14H2,1-4H3/t18-,23?,24-/m1/s1. The number of carbonyl (C=O) groups is 2. The van der Waals surface area contributed by atoms with Crippen LogP contribution in [0.5, 0.6) is 11.5 Å². The van der Waals surface area contributed by atoms with Gasteiger partial charge in [-0.1, -0.05) is 24.3 Å². The van der Waals surface area contributed by atoms with Gasteiger partial charge in [0.1, 0.15) is 17.4 Å². The third kappa shape index (κ3) is 3.93. The Morgan fingerprint density at radius 3 is 2.31 bits per heavy atom. The molecule has 2 aromatic rings. The van der Waals surface area contributed by atoms with Gasteiger partial charge in [-0.15, -0.1) is 0 Å². The molecule has 1 unspecified atom stereocenters. The van der Waals surface area contributed by atoms with E-state index in [0.29, 0.717) is 29.9 Å². The Balaban J connectivity index is 1.78. The normalized spacial score (nSPS) is 22.7. The predicted molar refractivity (Wildman–Crippen MR) is 121 cm³/mol. The molecule has 1 aliphatic heterocycles. The summed E-state index contributed by atoms with van der Waals surface area (Å²) in [6.45, 7) is 1.83. The molecule has 0 aromatic heterocycles. The van der Waals surface area contributed by atoms with Gasteiger partial charge >= 0.3 is 5.97 Å². The summed E-state index contributed by atoms with van der Waals surface area (Å²) in [6, 6.07) is 15.3. The summed E-state index contributed by atoms with van der Waals surface area (Å²) in [6.07, 6.45) is 1.01. The van der Waals surface area contributed by atoms with Gasteiger partial charge in [0.05, 0.1) is 21.3 Å². The second-order valence-corrected chi connectivity index (χ2v) is 8.17. The van der Waals surface area contributed by atoms with Crippen LogP contribution in [0.3, 0.4) is 0 Å². The fourth-order valence-corrected chi connectivity index (χ4v) is 4.80. The number of hydrogen-bond donors (Lipinski definition) is 0. The summed E-state index contributed by atoms with van der Waals surface area (Å²) in [4.78, 5) is 31.0. The number of methoxy groups -OCH3 is 3. The molecule has 0 spiro atoms. The molecular formula is C26H27NO5. The van der Waals surface area contributed by atoms with Gasteiger partial charge < -0.3 is 14.2 Å². The lowest BCUT2D eigenvalue weighted by Crippen LogP contribution is -2.37. The molecule has 0 amide bonds. The van der Waals surface area contributed by atoms with Crippen molar-refractivity contribution in [2.24, 2.45) is 10.9 Å². The summed E-state index contributed by atoms with van der Waals surface area (Å²) in [5, 5.41) is 0. The highest BCUT2D eigenvalue weighted by atomic mass is 16.5. The van der Waals surface area contributed by atoms with Crippen LogP contribution in [0.4, 0.5) is 0 Å². The van der Waals surface area contributed by atoms with Crippen LogP contribution in [0, 0.1) is 5.92 Å². The van der Waals surface area contributed by atoms with Gasteiger partial charge in [-0.25, -0.2) is 0 Å². The number of carbonyl (C=O) groups excluding carboxylic acids is 2. The first kappa shape index (κ1) is 21.8. The first-order valence-corrected chi connectivity index (χ1v) is 10.6. The minimum Gasteiger partial charge on any atom is -0.497 e.